The summed E-state index contributed by atoms with van der Waals surface area (Å²) in [5.74, 6) is 0.697. The van der Waals surface area contributed by atoms with E-state index in [2.05, 4.69) is 4.90 Å². The highest BCUT2D eigenvalue weighted by atomic mass is 16.5. The van der Waals surface area contributed by atoms with Crippen LogP contribution in [0.15, 0.2) is 18.2 Å². The molecular formula is C13H21N3O. The number of hydrogen-bond acceptors (Lipinski definition) is 4. The number of anilines is 3. The molecule has 0 unspecified atom stereocenters. The molecule has 1 aliphatic heterocycles. The summed E-state index contributed by atoms with van der Waals surface area (Å²) in [6.45, 7) is 3.01. The minimum absolute atomic E-state index is 0.656. The van der Waals surface area contributed by atoms with E-state index in [1.54, 1.807) is 7.11 Å². The van der Waals surface area contributed by atoms with E-state index in [4.69, 9.17) is 16.2 Å². The fourth-order valence-corrected chi connectivity index (χ4v) is 2.35. The third-order valence-electron chi connectivity index (χ3n) is 3.45. The zero-order valence-corrected chi connectivity index (χ0v) is 10.4. The van der Waals surface area contributed by atoms with Crippen molar-refractivity contribution in [2.24, 2.45) is 5.92 Å². The summed E-state index contributed by atoms with van der Waals surface area (Å²) in [5, 5.41) is 0. The molecule has 0 aliphatic carbocycles. The Labute approximate surface area is 103 Å². The van der Waals surface area contributed by atoms with Crippen molar-refractivity contribution in [1.82, 2.24) is 0 Å². The number of nitrogens with two attached hydrogens (primary N) is 2. The predicted octanol–water partition coefficient (Wildman–Crippen LogP) is 1.71. The van der Waals surface area contributed by atoms with Crippen LogP contribution in [0.2, 0.25) is 0 Å². The van der Waals surface area contributed by atoms with Crippen molar-refractivity contribution in [3.8, 4) is 0 Å². The van der Waals surface area contributed by atoms with Crippen molar-refractivity contribution in [2.75, 3.05) is 43.2 Å². The van der Waals surface area contributed by atoms with E-state index >= 15 is 0 Å². The van der Waals surface area contributed by atoms with Crippen LogP contribution >= 0.6 is 0 Å². The van der Waals surface area contributed by atoms with Gasteiger partial charge in [-0.3, -0.25) is 0 Å². The quantitative estimate of drug-likeness (QED) is 0.783. The molecule has 1 aliphatic rings. The van der Waals surface area contributed by atoms with Crippen LogP contribution in [-0.2, 0) is 4.74 Å². The first-order valence-corrected chi connectivity index (χ1v) is 6.09. The second-order valence-corrected chi connectivity index (χ2v) is 4.70. The molecule has 2 rings (SSSR count). The minimum Gasteiger partial charge on any atom is -0.397 e. The van der Waals surface area contributed by atoms with Crippen LogP contribution in [0, 0.1) is 5.92 Å². The molecule has 1 fully saturated rings. The SMILES string of the molecule is COCC1CCN(c2ccc(N)c(N)c2)CC1. The molecule has 4 N–H and O–H groups in total. The van der Waals surface area contributed by atoms with Gasteiger partial charge in [-0.15, -0.1) is 0 Å². The smallest absolute Gasteiger partial charge is 0.0568 e. The van der Waals surface area contributed by atoms with E-state index in [1.165, 1.54) is 18.5 Å². The largest absolute Gasteiger partial charge is 0.397 e. The molecule has 0 radical (unpaired) electrons. The Hall–Kier alpha value is -1.42. The van der Waals surface area contributed by atoms with Gasteiger partial charge in [0.1, 0.15) is 0 Å². The lowest BCUT2D eigenvalue weighted by Gasteiger charge is -2.33. The lowest BCUT2D eigenvalue weighted by atomic mass is 9.97. The van der Waals surface area contributed by atoms with E-state index in [0.717, 1.165) is 19.7 Å². The average molecular weight is 235 g/mol. The first kappa shape index (κ1) is 12.0. The van der Waals surface area contributed by atoms with Crippen LogP contribution in [0.5, 0.6) is 0 Å². The molecule has 1 heterocycles. The summed E-state index contributed by atoms with van der Waals surface area (Å²) in [6, 6.07) is 5.89. The fourth-order valence-electron chi connectivity index (χ4n) is 2.35. The topological polar surface area (TPSA) is 64.5 Å². The molecule has 17 heavy (non-hydrogen) atoms. The number of nitrogen functional groups attached to an aromatic ring is 2. The van der Waals surface area contributed by atoms with Crippen molar-refractivity contribution in [3.05, 3.63) is 18.2 Å². The van der Waals surface area contributed by atoms with Gasteiger partial charge in [0, 0.05) is 32.5 Å². The summed E-state index contributed by atoms with van der Waals surface area (Å²) in [5.41, 5.74) is 14.0. The zero-order chi connectivity index (χ0) is 12.3. The van der Waals surface area contributed by atoms with Gasteiger partial charge in [0.15, 0.2) is 0 Å². The summed E-state index contributed by atoms with van der Waals surface area (Å²) >= 11 is 0. The third kappa shape index (κ3) is 2.82. The molecule has 1 aromatic rings. The number of rotatable bonds is 3. The van der Waals surface area contributed by atoms with E-state index in [0.29, 0.717) is 17.3 Å². The van der Waals surface area contributed by atoms with E-state index in [9.17, 15) is 0 Å². The first-order chi connectivity index (χ1) is 8.20. The molecule has 0 spiro atoms. The van der Waals surface area contributed by atoms with Crippen LogP contribution in [0.1, 0.15) is 12.8 Å². The molecule has 4 nitrogen and oxygen atoms in total. The second kappa shape index (κ2) is 5.27. The van der Waals surface area contributed by atoms with Gasteiger partial charge in [0.05, 0.1) is 11.4 Å². The number of nitrogens with zero attached hydrogens (tertiary/aromatic N) is 1. The molecule has 4 heteroatoms. The van der Waals surface area contributed by atoms with Gasteiger partial charge in [-0.25, -0.2) is 0 Å². The molecular weight excluding hydrogens is 214 g/mol. The van der Waals surface area contributed by atoms with Crippen molar-refractivity contribution in [1.29, 1.82) is 0 Å². The van der Waals surface area contributed by atoms with E-state index in [1.807, 2.05) is 18.2 Å². The molecule has 0 aromatic heterocycles. The monoisotopic (exact) mass is 235 g/mol. The highest BCUT2D eigenvalue weighted by Gasteiger charge is 2.19. The van der Waals surface area contributed by atoms with Crippen molar-refractivity contribution < 1.29 is 4.74 Å². The lowest BCUT2D eigenvalue weighted by Crippen LogP contribution is -2.35. The fraction of sp³-hybridized carbons (Fsp3) is 0.538. The summed E-state index contributed by atoms with van der Waals surface area (Å²) in [7, 11) is 1.77. The van der Waals surface area contributed by atoms with Gasteiger partial charge in [0.25, 0.3) is 0 Å². The van der Waals surface area contributed by atoms with Gasteiger partial charge in [0.2, 0.25) is 0 Å². The standard InChI is InChI=1S/C13H21N3O/c1-17-9-10-4-6-16(7-5-10)11-2-3-12(14)13(15)8-11/h2-3,8,10H,4-7,9,14-15H2,1H3. The normalized spacial score (nSPS) is 17.4. The van der Waals surface area contributed by atoms with Gasteiger partial charge < -0.3 is 21.1 Å². The van der Waals surface area contributed by atoms with Crippen LogP contribution in [0.25, 0.3) is 0 Å². The first-order valence-electron chi connectivity index (χ1n) is 6.09. The maximum absolute atomic E-state index is 5.83. The van der Waals surface area contributed by atoms with Gasteiger partial charge >= 0.3 is 0 Å². The van der Waals surface area contributed by atoms with Crippen LogP contribution in [0.4, 0.5) is 17.1 Å². The Balaban J connectivity index is 1.98. The molecule has 0 amide bonds. The summed E-state index contributed by atoms with van der Waals surface area (Å²) in [4.78, 5) is 2.36. The molecule has 1 saturated heterocycles. The number of hydrogen-bond donors (Lipinski definition) is 2. The Kier molecular flexibility index (Phi) is 3.74. The highest BCUT2D eigenvalue weighted by Crippen LogP contribution is 2.27. The lowest BCUT2D eigenvalue weighted by molar-refractivity contribution is 0.139. The van der Waals surface area contributed by atoms with Crippen molar-refractivity contribution >= 4 is 17.1 Å². The Morgan fingerprint density at radius 1 is 1.24 bits per heavy atom. The number of ether oxygens (including phenoxy) is 1. The summed E-state index contributed by atoms with van der Waals surface area (Å²) < 4.78 is 5.20. The molecule has 0 saturated carbocycles. The number of benzene rings is 1. The molecule has 0 atom stereocenters. The third-order valence-corrected chi connectivity index (χ3v) is 3.45. The van der Waals surface area contributed by atoms with Crippen molar-refractivity contribution in [2.45, 2.75) is 12.8 Å². The van der Waals surface area contributed by atoms with Crippen LogP contribution in [0.3, 0.4) is 0 Å². The predicted molar refractivity (Wildman–Crippen MR) is 72.1 cm³/mol. The van der Waals surface area contributed by atoms with Crippen LogP contribution in [-0.4, -0.2) is 26.8 Å². The van der Waals surface area contributed by atoms with Gasteiger partial charge in [-0.2, -0.15) is 0 Å². The molecule has 94 valence electrons. The maximum Gasteiger partial charge on any atom is 0.0568 e. The van der Waals surface area contributed by atoms with Crippen LogP contribution < -0.4 is 16.4 Å². The number of piperidine rings is 1. The van der Waals surface area contributed by atoms with Gasteiger partial charge in [-0.1, -0.05) is 0 Å². The Bertz CT molecular complexity index is 373. The zero-order valence-electron chi connectivity index (χ0n) is 10.4. The Morgan fingerprint density at radius 3 is 2.53 bits per heavy atom. The van der Waals surface area contributed by atoms with Crippen molar-refractivity contribution in [3.63, 3.8) is 0 Å². The van der Waals surface area contributed by atoms with E-state index in [-0.39, 0.29) is 0 Å². The maximum atomic E-state index is 5.83. The Morgan fingerprint density at radius 2 is 1.94 bits per heavy atom. The highest BCUT2D eigenvalue weighted by molar-refractivity contribution is 5.69. The molecule has 1 aromatic carbocycles. The van der Waals surface area contributed by atoms with E-state index < -0.39 is 0 Å². The van der Waals surface area contributed by atoms with Gasteiger partial charge in [-0.05, 0) is 37.0 Å². The molecule has 0 bridgehead atoms. The minimum atomic E-state index is 0.656. The number of methoxy groups -OCH3 is 1. The second-order valence-electron chi connectivity index (χ2n) is 4.70. The summed E-state index contributed by atoms with van der Waals surface area (Å²) in [6.07, 6.45) is 2.36. The average Bonchev–Trinajstić information content (AvgIpc) is 2.34.